The molecule has 0 amide bonds. The van der Waals surface area contributed by atoms with Crippen molar-refractivity contribution in [2.75, 3.05) is 0 Å². The molecule has 0 aliphatic carbocycles. The Morgan fingerprint density at radius 2 is 2.54 bits per heavy atom. The van der Waals surface area contributed by atoms with Crippen molar-refractivity contribution in [1.29, 1.82) is 0 Å². The molecular formula is C9H12N2O2. The van der Waals surface area contributed by atoms with Crippen LogP contribution in [-0.4, -0.2) is 20.6 Å². The van der Waals surface area contributed by atoms with Crippen molar-refractivity contribution in [3.63, 3.8) is 0 Å². The van der Waals surface area contributed by atoms with Gasteiger partial charge in [0.25, 0.3) is 0 Å². The van der Waals surface area contributed by atoms with E-state index in [4.69, 9.17) is 5.11 Å². The molecule has 0 spiro atoms. The van der Waals surface area contributed by atoms with Crippen molar-refractivity contribution in [2.45, 2.75) is 32.2 Å². The second kappa shape index (κ2) is 2.87. The lowest BCUT2D eigenvalue weighted by atomic mass is 10.1. The fourth-order valence-corrected chi connectivity index (χ4v) is 1.86. The van der Waals surface area contributed by atoms with Crippen molar-refractivity contribution in [1.82, 2.24) is 9.55 Å². The first-order chi connectivity index (χ1) is 6.18. The van der Waals surface area contributed by atoms with Crippen LogP contribution in [-0.2, 0) is 11.2 Å². The van der Waals surface area contributed by atoms with E-state index in [0.717, 1.165) is 30.8 Å². The zero-order chi connectivity index (χ0) is 9.42. The molecule has 1 atom stereocenters. The van der Waals surface area contributed by atoms with Crippen LogP contribution in [0.15, 0.2) is 6.20 Å². The minimum atomic E-state index is -0.752. The lowest BCUT2D eigenvalue weighted by Crippen LogP contribution is -2.24. The van der Waals surface area contributed by atoms with Crippen LogP contribution < -0.4 is 0 Å². The van der Waals surface area contributed by atoms with E-state index in [2.05, 4.69) is 4.98 Å². The average Bonchev–Trinajstić information content (AvgIpc) is 2.43. The van der Waals surface area contributed by atoms with Crippen LogP contribution in [0.1, 0.15) is 30.4 Å². The topological polar surface area (TPSA) is 55.1 Å². The molecule has 13 heavy (non-hydrogen) atoms. The molecule has 2 heterocycles. The molecule has 1 aromatic heterocycles. The van der Waals surface area contributed by atoms with Gasteiger partial charge in [0.1, 0.15) is 11.9 Å². The second-order valence-electron chi connectivity index (χ2n) is 3.45. The first-order valence-electron chi connectivity index (χ1n) is 4.45. The first-order valence-corrected chi connectivity index (χ1v) is 4.45. The zero-order valence-electron chi connectivity index (χ0n) is 7.53. The molecule has 0 fully saturated rings. The fourth-order valence-electron chi connectivity index (χ4n) is 1.86. The summed E-state index contributed by atoms with van der Waals surface area (Å²) in [5.41, 5.74) is 0.906. The highest BCUT2D eigenvalue weighted by Crippen LogP contribution is 2.24. The molecule has 4 heteroatoms. The molecule has 0 radical (unpaired) electrons. The highest BCUT2D eigenvalue weighted by atomic mass is 16.4. The van der Waals surface area contributed by atoms with Crippen LogP contribution in [0.4, 0.5) is 0 Å². The van der Waals surface area contributed by atoms with Gasteiger partial charge in [-0.1, -0.05) is 0 Å². The van der Waals surface area contributed by atoms with Crippen molar-refractivity contribution in [3.8, 4) is 0 Å². The number of imidazole rings is 1. The van der Waals surface area contributed by atoms with Gasteiger partial charge in [0.05, 0.1) is 5.69 Å². The maximum Gasteiger partial charge on any atom is 0.326 e. The third kappa shape index (κ3) is 1.32. The van der Waals surface area contributed by atoms with Gasteiger partial charge in [-0.2, -0.15) is 0 Å². The SMILES string of the molecule is Cc1cn2c(n1)CCCC2C(=O)O. The van der Waals surface area contributed by atoms with Gasteiger partial charge in [-0.05, 0) is 19.8 Å². The second-order valence-corrected chi connectivity index (χ2v) is 3.45. The number of hydrogen-bond donors (Lipinski definition) is 1. The number of aliphatic carboxylic acids is 1. The molecule has 1 N–H and O–H groups in total. The molecule has 1 aromatic rings. The van der Waals surface area contributed by atoms with Crippen molar-refractivity contribution >= 4 is 5.97 Å². The van der Waals surface area contributed by atoms with Crippen LogP contribution in [0.3, 0.4) is 0 Å². The van der Waals surface area contributed by atoms with E-state index >= 15 is 0 Å². The number of carbonyl (C=O) groups is 1. The summed E-state index contributed by atoms with van der Waals surface area (Å²) in [5, 5.41) is 8.95. The Kier molecular flexibility index (Phi) is 1.83. The fraction of sp³-hybridized carbons (Fsp3) is 0.556. The first kappa shape index (κ1) is 8.29. The smallest absolute Gasteiger partial charge is 0.326 e. The van der Waals surface area contributed by atoms with Gasteiger partial charge in [-0.25, -0.2) is 9.78 Å². The minimum Gasteiger partial charge on any atom is -0.480 e. The van der Waals surface area contributed by atoms with Crippen molar-refractivity contribution < 1.29 is 9.90 Å². The van der Waals surface area contributed by atoms with Crippen LogP contribution in [0.2, 0.25) is 0 Å². The Bertz CT molecular complexity index is 343. The lowest BCUT2D eigenvalue weighted by molar-refractivity contribution is -0.141. The van der Waals surface area contributed by atoms with Gasteiger partial charge in [0.2, 0.25) is 0 Å². The number of aryl methyl sites for hydroxylation is 2. The van der Waals surface area contributed by atoms with Gasteiger partial charge in [0, 0.05) is 12.6 Å². The van der Waals surface area contributed by atoms with Gasteiger partial charge >= 0.3 is 5.97 Å². The zero-order valence-corrected chi connectivity index (χ0v) is 7.53. The van der Waals surface area contributed by atoms with Crippen LogP contribution in [0, 0.1) is 6.92 Å². The van der Waals surface area contributed by atoms with E-state index in [1.165, 1.54) is 0 Å². The summed E-state index contributed by atoms with van der Waals surface area (Å²) in [6, 6.07) is -0.398. The molecule has 0 bridgehead atoms. The predicted molar refractivity (Wildman–Crippen MR) is 46.6 cm³/mol. The number of hydrogen-bond acceptors (Lipinski definition) is 2. The summed E-state index contributed by atoms with van der Waals surface area (Å²) in [6.07, 6.45) is 4.37. The molecule has 0 aromatic carbocycles. The van der Waals surface area contributed by atoms with E-state index in [9.17, 15) is 4.79 Å². The highest BCUT2D eigenvalue weighted by molar-refractivity contribution is 5.72. The Hall–Kier alpha value is -1.32. The summed E-state index contributed by atoms with van der Waals surface area (Å²) in [5.74, 6) is 0.162. The molecule has 0 saturated carbocycles. The monoisotopic (exact) mass is 180 g/mol. The Balaban J connectivity index is 2.41. The van der Waals surface area contributed by atoms with E-state index in [0.29, 0.717) is 0 Å². The summed E-state index contributed by atoms with van der Waals surface area (Å²) < 4.78 is 1.79. The molecule has 1 aliphatic heterocycles. The van der Waals surface area contributed by atoms with Gasteiger partial charge in [-0.15, -0.1) is 0 Å². The summed E-state index contributed by atoms with van der Waals surface area (Å²) in [6.45, 7) is 1.89. The number of fused-ring (bicyclic) bond motifs is 1. The highest BCUT2D eigenvalue weighted by Gasteiger charge is 2.25. The largest absolute Gasteiger partial charge is 0.480 e. The normalized spacial score (nSPS) is 21.2. The van der Waals surface area contributed by atoms with Crippen LogP contribution in [0.5, 0.6) is 0 Å². The number of nitrogens with zero attached hydrogens (tertiary/aromatic N) is 2. The maximum absolute atomic E-state index is 10.9. The Morgan fingerprint density at radius 1 is 1.77 bits per heavy atom. The number of aromatic nitrogens is 2. The molecule has 4 nitrogen and oxygen atoms in total. The summed E-state index contributed by atoms with van der Waals surface area (Å²) in [7, 11) is 0. The maximum atomic E-state index is 10.9. The van der Waals surface area contributed by atoms with E-state index in [-0.39, 0.29) is 0 Å². The minimum absolute atomic E-state index is 0.398. The third-order valence-corrected chi connectivity index (χ3v) is 2.43. The quantitative estimate of drug-likeness (QED) is 0.705. The van der Waals surface area contributed by atoms with Crippen LogP contribution >= 0.6 is 0 Å². The number of rotatable bonds is 1. The molecule has 1 unspecified atom stereocenters. The van der Waals surface area contributed by atoms with Gasteiger partial charge < -0.3 is 9.67 Å². The predicted octanol–water partition coefficient (Wildman–Crippen LogP) is 1.15. The van der Waals surface area contributed by atoms with Gasteiger partial charge in [0.15, 0.2) is 0 Å². The van der Waals surface area contributed by atoms with Crippen LogP contribution in [0.25, 0.3) is 0 Å². The molecule has 0 saturated heterocycles. The molecule has 70 valence electrons. The van der Waals surface area contributed by atoms with Gasteiger partial charge in [-0.3, -0.25) is 0 Å². The molecule has 1 aliphatic rings. The average molecular weight is 180 g/mol. The molecule has 2 rings (SSSR count). The van der Waals surface area contributed by atoms with E-state index in [1.807, 2.05) is 13.1 Å². The van der Waals surface area contributed by atoms with E-state index in [1.54, 1.807) is 4.57 Å². The Labute approximate surface area is 76.2 Å². The number of carboxylic acid groups (broad SMARTS) is 1. The van der Waals surface area contributed by atoms with Crippen molar-refractivity contribution in [3.05, 3.63) is 17.7 Å². The number of carboxylic acids is 1. The molecular weight excluding hydrogens is 168 g/mol. The van der Waals surface area contributed by atoms with E-state index < -0.39 is 12.0 Å². The third-order valence-electron chi connectivity index (χ3n) is 2.43. The van der Waals surface area contributed by atoms with Crippen molar-refractivity contribution in [2.24, 2.45) is 0 Å². The standard InChI is InChI=1S/C9H12N2O2/c1-6-5-11-7(9(12)13)3-2-4-8(11)10-6/h5,7H,2-4H2,1H3,(H,12,13). The summed E-state index contributed by atoms with van der Waals surface area (Å²) >= 11 is 0. The Morgan fingerprint density at radius 3 is 3.23 bits per heavy atom. The lowest BCUT2D eigenvalue weighted by Gasteiger charge is -2.20. The summed E-state index contributed by atoms with van der Waals surface area (Å²) in [4.78, 5) is 15.2.